The van der Waals surface area contributed by atoms with Crippen molar-refractivity contribution in [2.24, 2.45) is 5.73 Å². The lowest BCUT2D eigenvalue weighted by Gasteiger charge is -2.11. The van der Waals surface area contributed by atoms with E-state index in [0.717, 1.165) is 23.6 Å². The summed E-state index contributed by atoms with van der Waals surface area (Å²) in [7, 11) is 0. The van der Waals surface area contributed by atoms with Crippen LogP contribution in [0.4, 0.5) is 17.6 Å². The molecule has 0 aliphatic carbocycles. The third-order valence-electron chi connectivity index (χ3n) is 5.36. The van der Waals surface area contributed by atoms with E-state index in [4.69, 9.17) is 5.73 Å². The molecule has 1 atom stereocenters. The Balaban J connectivity index is 1.70. The molecule has 0 heterocycles. The highest BCUT2D eigenvalue weighted by Crippen LogP contribution is 2.32. The molecule has 2 N–H and O–H groups in total. The van der Waals surface area contributed by atoms with Crippen molar-refractivity contribution < 1.29 is 17.6 Å². The lowest BCUT2D eigenvalue weighted by Crippen LogP contribution is -2.08. The summed E-state index contributed by atoms with van der Waals surface area (Å²) in [6.07, 6.45) is 0.828. The molecule has 4 rings (SSSR count). The van der Waals surface area contributed by atoms with Crippen molar-refractivity contribution in [1.29, 1.82) is 0 Å². The summed E-state index contributed by atoms with van der Waals surface area (Å²) in [4.78, 5) is 0. The summed E-state index contributed by atoms with van der Waals surface area (Å²) in [5.74, 6) is -4.52. The quantitative estimate of drug-likeness (QED) is 0.281. The maximum absolute atomic E-state index is 14.9. The van der Waals surface area contributed by atoms with Gasteiger partial charge in [0.25, 0.3) is 0 Å². The molecule has 0 spiro atoms. The van der Waals surface area contributed by atoms with E-state index in [1.807, 2.05) is 31.2 Å². The van der Waals surface area contributed by atoms with E-state index < -0.39 is 23.3 Å². The van der Waals surface area contributed by atoms with Crippen LogP contribution in [-0.4, -0.2) is 0 Å². The second-order valence-corrected chi connectivity index (χ2v) is 7.25. The minimum atomic E-state index is -1.52. The molecule has 152 valence electrons. The van der Waals surface area contributed by atoms with E-state index >= 15 is 0 Å². The van der Waals surface area contributed by atoms with Crippen LogP contribution in [0.25, 0.3) is 33.0 Å². The van der Waals surface area contributed by atoms with Crippen LogP contribution in [0.3, 0.4) is 0 Å². The predicted octanol–water partition coefficient (Wildman–Crippen LogP) is 7.14. The number of halogens is 4. The summed E-state index contributed by atoms with van der Waals surface area (Å²) >= 11 is 0. The minimum Gasteiger partial charge on any atom is -0.324 e. The van der Waals surface area contributed by atoms with Gasteiger partial charge in [-0.25, -0.2) is 17.6 Å². The Kier molecular flexibility index (Phi) is 5.31. The highest BCUT2D eigenvalue weighted by molar-refractivity contribution is 5.88. The summed E-state index contributed by atoms with van der Waals surface area (Å²) < 4.78 is 55.8. The predicted molar refractivity (Wildman–Crippen MR) is 112 cm³/mol. The van der Waals surface area contributed by atoms with Crippen LogP contribution in [-0.2, 0) is 0 Å². The van der Waals surface area contributed by atoms with Gasteiger partial charge in [0.2, 0.25) is 0 Å². The molecule has 30 heavy (non-hydrogen) atoms. The molecule has 1 unspecified atom stereocenters. The molecular formula is C25H19F4N. The molecule has 0 saturated carbocycles. The fourth-order valence-electron chi connectivity index (χ4n) is 3.56. The Morgan fingerprint density at radius 1 is 0.700 bits per heavy atom. The van der Waals surface area contributed by atoms with Crippen LogP contribution in [0, 0.1) is 23.3 Å². The molecule has 0 aliphatic heterocycles. The first-order valence-electron chi connectivity index (χ1n) is 9.62. The minimum absolute atomic E-state index is 0.0331. The van der Waals surface area contributed by atoms with Gasteiger partial charge in [0.15, 0.2) is 17.5 Å². The standard InChI is InChI=1S/C25H19F4N/c1-2-23(30)15-5-3-14(4-6-15)16-7-9-19(21(26)12-16)17-8-10-20-18(11-17)13-22(27)25(29)24(20)28/h3-13,23H,2,30H2,1H3. The van der Waals surface area contributed by atoms with Gasteiger partial charge in [-0.1, -0.05) is 55.5 Å². The highest BCUT2D eigenvalue weighted by Gasteiger charge is 2.15. The molecule has 0 aliphatic rings. The maximum atomic E-state index is 14.9. The number of hydrogen-bond donors (Lipinski definition) is 1. The van der Waals surface area contributed by atoms with Gasteiger partial charge in [-0.05, 0) is 52.3 Å². The van der Waals surface area contributed by atoms with E-state index in [-0.39, 0.29) is 22.4 Å². The van der Waals surface area contributed by atoms with Crippen molar-refractivity contribution in [1.82, 2.24) is 0 Å². The van der Waals surface area contributed by atoms with Crippen LogP contribution < -0.4 is 5.73 Å². The Morgan fingerprint density at radius 3 is 2.03 bits per heavy atom. The van der Waals surface area contributed by atoms with E-state index in [9.17, 15) is 17.6 Å². The zero-order valence-electron chi connectivity index (χ0n) is 16.2. The average molecular weight is 409 g/mol. The first-order chi connectivity index (χ1) is 14.4. The summed E-state index contributed by atoms with van der Waals surface area (Å²) in [5.41, 5.74) is 9.34. The van der Waals surface area contributed by atoms with Gasteiger partial charge in [0, 0.05) is 17.0 Å². The number of rotatable bonds is 4. The van der Waals surface area contributed by atoms with E-state index in [0.29, 0.717) is 11.1 Å². The zero-order valence-corrected chi connectivity index (χ0v) is 16.2. The zero-order chi connectivity index (χ0) is 21.4. The molecule has 0 saturated heterocycles. The number of fused-ring (bicyclic) bond motifs is 1. The van der Waals surface area contributed by atoms with E-state index in [1.165, 1.54) is 24.3 Å². The molecule has 5 heteroatoms. The van der Waals surface area contributed by atoms with Gasteiger partial charge in [0.05, 0.1) is 0 Å². The van der Waals surface area contributed by atoms with E-state index in [2.05, 4.69) is 0 Å². The molecule has 4 aromatic carbocycles. The van der Waals surface area contributed by atoms with Gasteiger partial charge in [0.1, 0.15) is 5.82 Å². The number of nitrogens with two attached hydrogens (primary N) is 1. The van der Waals surface area contributed by atoms with Gasteiger partial charge in [-0.2, -0.15) is 0 Å². The lowest BCUT2D eigenvalue weighted by molar-refractivity contribution is 0.453. The molecule has 1 nitrogen and oxygen atoms in total. The van der Waals surface area contributed by atoms with Crippen LogP contribution in [0.1, 0.15) is 24.9 Å². The van der Waals surface area contributed by atoms with Crippen molar-refractivity contribution >= 4 is 10.8 Å². The molecular weight excluding hydrogens is 390 g/mol. The third-order valence-corrected chi connectivity index (χ3v) is 5.36. The van der Waals surface area contributed by atoms with Crippen LogP contribution >= 0.6 is 0 Å². The van der Waals surface area contributed by atoms with Gasteiger partial charge < -0.3 is 5.73 Å². The van der Waals surface area contributed by atoms with Crippen LogP contribution in [0.15, 0.2) is 66.7 Å². The highest BCUT2D eigenvalue weighted by atomic mass is 19.2. The monoisotopic (exact) mass is 409 g/mol. The summed E-state index contributed by atoms with van der Waals surface area (Å²) in [6.45, 7) is 2.01. The summed E-state index contributed by atoms with van der Waals surface area (Å²) in [6, 6.07) is 17.6. The van der Waals surface area contributed by atoms with Gasteiger partial charge in [-0.15, -0.1) is 0 Å². The van der Waals surface area contributed by atoms with Gasteiger partial charge >= 0.3 is 0 Å². The van der Waals surface area contributed by atoms with Crippen molar-refractivity contribution in [3.63, 3.8) is 0 Å². The molecule has 0 aromatic heterocycles. The SMILES string of the molecule is CCC(N)c1ccc(-c2ccc(-c3ccc4c(F)c(F)c(F)cc4c3)c(F)c2)cc1. The Labute approximate surface area is 171 Å². The van der Waals surface area contributed by atoms with E-state index in [1.54, 1.807) is 12.1 Å². The Bertz CT molecular complexity index is 1230. The largest absolute Gasteiger partial charge is 0.324 e. The Morgan fingerprint density at radius 2 is 1.37 bits per heavy atom. The first kappa shape index (κ1) is 20.1. The van der Waals surface area contributed by atoms with Crippen molar-refractivity contribution in [3.8, 4) is 22.3 Å². The maximum Gasteiger partial charge on any atom is 0.195 e. The average Bonchev–Trinajstić information content (AvgIpc) is 2.76. The number of hydrogen-bond acceptors (Lipinski definition) is 1. The van der Waals surface area contributed by atoms with Crippen molar-refractivity contribution in [3.05, 3.63) is 95.6 Å². The van der Waals surface area contributed by atoms with Gasteiger partial charge in [-0.3, -0.25) is 0 Å². The smallest absolute Gasteiger partial charge is 0.195 e. The number of benzene rings is 4. The molecule has 0 radical (unpaired) electrons. The molecule has 0 amide bonds. The lowest BCUT2D eigenvalue weighted by atomic mass is 9.96. The second-order valence-electron chi connectivity index (χ2n) is 7.25. The normalized spacial score (nSPS) is 12.3. The van der Waals surface area contributed by atoms with Crippen molar-refractivity contribution in [2.45, 2.75) is 19.4 Å². The fourth-order valence-corrected chi connectivity index (χ4v) is 3.56. The first-order valence-corrected chi connectivity index (χ1v) is 9.62. The van der Waals surface area contributed by atoms with Crippen molar-refractivity contribution in [2.75, 3.05) is 0 Å². The molecule has 0 fully saturated rings. The van der Waals surface area contributed by atoms with Crippen LogP contribution in [0.2, 0.25) is 0 Å². The third kappa shape index (κ3) is 3.57. The summed E-state index contributed by atoms with van der Waals surface area (Å²) in [5, 5.41) is 0.107. The molecule has 4 aromatic rings. The Hall–Kier alpha value is -3.18. The fraction of sp³-hybridized carbons (Fsp3) is 0.120. The van der Waals surface area contributed by atoms with Crippen LogP contribution in [0.5, 0.6) is 0 Å². The molecule has 0 bridgehead atoms. The topological polar surface area (TPSA) is 26.0 Å². The second kappa shape index (κ2) is 7.92.